The summed E-state index contributed by atoms with van der Waals surface area (Å²) in [5.41, 5.74) is 0. The van der Waals surface area contributed by atoms with E-state index < -0.39 is 0 Å². The van der Waals surface area contributed by atoms with Gasteiger partial charge in [0.05, 0.1) is 6.61 Å². The third kappa shape index (κ3) is 15.5. The second-order valence-corrected chi connectivity index (χ2v) is 5.58. The average molecular weight is 286 g/mol. The number of hydrogen-bond donors (Lipinski definition) is 1. The van der Waals surface area contributed by atoms with Gasteiger partial charge in [0.25, 0.3) is 0 Å². The minimum absolute atomic E-state index is 0.0327. The standard InChI is InChI=1S/C17H34O3/c1-2-16-20-17(19)14-12-10-8-6-4-3-5-7-9-11-13-15-18/h18H,2-16H2,1H3. The number of ether oxygens (including phenoxy) is 1. The number of carbonyl (C=O) groups excluding carboxylic acids is 1. The van der Waals surface area contributed by atoms with Gasteiger partial charge in [-0.1, -0.05) is 64.7 Å². The first-order valence-corrected chi connectivity index (χ1v) is 8.57. The van der Waals surface area contributed by atoms with Crippen molar-refractivity contribution < 1.29 is 14.6 Å². The molecule has 3 heteroatoms. The minimum Gasteiger partial charge on any atom is -0.466 e. The second-order valence-electron chi connectivity index (χ2n) is 5.58. The molecule has 0 saturated heterocycles. The van der Waals surface area contributed by atoms with Crippen LogP contribution in [0.1, 0.15) is 90.4 Å². The first-order valence-electron chi connectivity index (χ1n) is 8.57. The predicted octanol–water partition coefficient (Wildman–Crippen LogP) is 4.61. The van der Waals surface area contributed by atoms with Crippen molar-refractivity contribution in [2.75, 3.05) is 13.2 Å². The molecule has 0 heterocycles. The highest BCUT2D eigenvalue weighted by Crippen LogP contribution is 2.12. The van der Waals surface area contributed by atoms with Gasteiger partial charge in [0.1, 0.15) is 0 Å². The van der Waals surface area contributed by atoms with E-state index in [-0.39, 0.29) is 5.97 Å². The van der Waals surface area contributed by atoms with Crippen LogP contribution in [0.25, 0.3) is 0 Å². The molecular formula is C17H34O3. The van der Waals surface area contributed by atoms with Gasteiger partial charge in [0.15, 0.2) is 0 Å². The number of rotatable bonds is 15. The van der Waals surface area contributed by atoms with Gasteiger partial charge in [-0.2, -0.15) is 0 Å². The van der Waals surface area contributed by atoms with Crippen LogP contribution in [0, 0.1) is 0 Å². The zero-order valence-corrected chi connectivity index (χ0v) is 13.4. The van der Waals surface area contributed by atoms with E-state index in [1.54, 1.807) is 0 Å². The van der Waals surface area contributed by atoms with Crippen molar-refractivity contribution in [3.63, 3.8) is 0 Å². The second kappa shape index (κ2) is 16.5. The van der Waals surface area contributed by atoms with Crippen LogP contribution >= 0.6 is 0 Å². The van der Waals surface area contributed by atoms with Gasteiger partial charge >= 0.3 is 5.97 Å². The van der Waals surface area contributed by atoms with Crippen LogP contribution in [-0.4, -0.2) is 24.3 Å². The van der Waals surface area contributed by atoms with Crippen molar-refractivity contribution in [2.24, 2.45) is 0 Å². The van der Waals surface area contributed by atoms with Crippen molar-refractivity contribution in [2.45, 2.75) is 90.4 Å². The lowest BCUT2D eigenvalue weighted by molar-refractivity contribution is -0.143. The number of aliphatic hydroxyl groups is 1. The van der Waals surface area contributed by atoms with E-state index in [1.165, 1.54) is 51.4 Å². The summed E-state index contributed by atoms with van der Waals surface area (Å²) in [6, 6.07) is 0. The quantitative estimate of drug-likeness (QED) is 0.353. The van der Waals surface area contributed by atoms with Crippen molar-refractivity contribution in [3.05, 3.63) is 0 Å². The molecule has 0 aromatic heterocycles. The van der Waals surface area contributed by atoms with E-state index in [0.717, 1.165) is 25.7 Å². The summed E-state index contributed by atoms with van der Waals surface area (Å²) in [6.45, 7) is 2.92. The SMILES string of the molecule is CCCOC(=O)CCCCCCCCCCCCCO. The predicted molar refractivity (Wildman–Crippen MR) is 83.7 cm³/mol. The Balaban J connectivity index is 3.04. The molecule has 1 N–H and O–H groups in total. The molecule has 0 aliphatic rings. The molecule has 0 rings (SSSR count). The smallest absolute Gasteiger partial charge is 0.305 e. The van der Waals surface area contributed by atoms with Crippen LogP contribution in [0.15, 0.2) is 0 Å². The first kappa shape index (κ1) is 19.4. The molecule has 0 spiro atoms. The van der Waals surface area contributed by atoms with E-state index >= 15 is 0 Å². The minimum atomic E-state index is -0.0327. The summed E-state index contributed by atoms with van der Waals surface area (Å²) >= 11 is 0. The molecule has 0 atom stereocenters. The lowest BCUT2D eigenvalue weighted by Gasteiger charge is -2.04. The molecule has 0 aliphatic carbocycles. The third-order valence-electron chi connectivity index (χ3n) is 3.51. The maximum atomic E-state index is 11.2. The Kier molecular flexibility index (Phi) is 16.0. The fourth-order valence-electron chi connectivity index (χ4n) is 2.26. The number of aliphatic hydroxyl groups excluding tert-OH is 1. The molecule has 0 bridgehead atoms. The average Bonchev–Trinajstić information content (AvgIpc) is 2.46. The number of unbranched alkanes of at least 4 members (excludes halogenated alkanes) is 10. The van der Waals surface area contributed by atoms with E-state index in [0.29, 0.717) is 19.6 Å². The Bertz CT molecular complexity index is 204. The van der Waals surface area contributed by atoms with Crippen LogP contribution in [0.3, 0.4) is 0 Å². The van der Waals surface area contributed by atoms with Crippen molar-refractivity contribution in [1.29, 1.82) is 0 Å². The maximum absolute atomic E-state index is 11.2. The highest BCUT2D eigenvalue weighted by atomic mass is 16.5. The Labute approximate surface area is 125 Å². The summed E-state index contributed by atoms with van der Waals surface area (Å²) in [5.74, 6) is -0.0327. The Morgan fingerprint density at radius 2 is 1.25 bits per heavy atom. The topological polar surface area (TPSA) is 46.5 Å². The fourth-order valence-corrected chi connectivity index (χ4v) is 2.26. The van der Waals surface area contributed by atoms with E-state index in [2.05, 4.69) is 0 Å². The van der Waals surface area contributed by atoms with Gasteiger partial charge in [0, 0.05) is 13.0 Å². The number of carbonyl (C=O) groups is 1. The highest BCUT2D eigenvalue weighted by Gasteiger charge is 2.01. The summed E-state index contributed by atoms with van der Waals surface area (Å²) < 4.78 is 5.04. The third-order valence-corrected chi connectivity index (χ3v) is 3.51. The summed E-state index contributed by atoms with van der Waals surface area (Å²) in [5, 5.41) is 8.66. The normalized spacial score (nSPS) is 10.7. The molecule has 0 amide bonds. The van der Waals surface area contributed by atoms with Crippen molar-refractivity contribution >= 4 is 5.97 Å². The molecule has 0 radical (unpaired) electrons. The fraction of sp³-hybridized carbons (Fsp3) is 0.941. The molecule has 0 fully saturated rings. The molecule has 0 aromatic carbocycles. The zero-order valence-electron chi connectivity index (χ0n) is 13.4. The molecule has 0 aliphatic heterocycles. The van der Waals surface area contributed by atoms with Crippen LogP contribution in [-0.2, 0) is 9.53 Å². The summed E-state index contributed by atoms with van der Waals surface area (Å²) in [7, 11) is 0. The lowest BCUT2D eigenvalue weighted by atomic mass is 10.1. The van der Waals surface area contributed by atoms with Gasteiger partial charge in [0.2, 0.25) is 0 Å². The van der Waals surface area contributed by atoms with Crippen LogP contribution in [0.4, 0.5) is 0 Å². The molecular weight excluding hydrogens is 252 g/mol. The van der Waals surface area contributed by atoms with Gasteiger partial charge in [-0.3, -0.25) is 4.79 Å². The van der Waals surface area contributed by atoms with Crippen molar-refractivity contribution in [1.82, 2.24) is 0 Å². The number of hydrogen-bond acceptors (Lipinski definition) is 3. The molecule has 120 valence electrons. The largest absolute Gasteiger partial charge is 0.466 e. The van der Waals surface area contributed by atoms with Gasteiger partial charge < -0.3 is 9.84 Å². The van der Waals surface area contributed by atoms with E-state index in [1.807, 2.05) is 6.92 Å². The molecule has 20 heavy (non-hydrogen) atoms. The van der Waals surface area contributed by atoms with Crippen molar-refractivity contribution in [3.8, 4) is 0 Å². The number of esters is 1. The van der Waals surface area contributed by atoms with Gasteiger partial charge in [-0.15, -0.1) is 0 Å². The van der Waals surface area contributed by atoms with E-state index in [4.69, 9.17) is 9.84 Å². The molecule has 0 saturated carbocycles. The zero-order chi connectivity index (χ0) is 14.9. The monoisotopic (exact) mass is 286 g/mol. The van der Waals surface area contributed by atoms with Crippen LogP contribution < -0.4 is 0 Å². The van der Waals surface area contributed by atoms with Gasteiger partial charge in [-0.05, 0) is 19.3 Å². The first-order chi connectivity index (χ1) is 9.81. The maximum Gasteiger partial charge on any atom is 0.305 e. The van der Waals surface area contributed by atoms with E-state index in [9.17, 15) is 4.79 Å². The summed E-state index contributed by atoms with van der Waals surface area (Å²) in [4.78, 5) is 11.2. The Morgan fingerprint density at radius 3 is 1.70 bits per heavy atom. The Morgan fingerprint density at radius 1 is 0.800 bits per heavy atom. The summed E-state index contributed by atoms with van der Waals surface area (Å²) in [6.07, 6.45) is 14.8. The molecule has 3 nitrogen and oxygen atoms in total. The van der Waals surface area contributed by atoms with Crippen LogP contribution in [0.2, 0.25) is 0 Å². The Hall–Kier alpha value is -0.570. The molecule has 0 aromatic rings. The van der Waals surface area contributed by atoms with Gasteiger partial charge in [-0.25, -0.2) is 0 Å². The van der Waals surface area contributed by atoms with Crippen LogP contribution in [0.5, 0.6) is 0 Å². The molecule has 0 unspecified atom stereocenters. The highest BCUT2D eigenvalue weighted by molar-refractivity contribution is 5.69. The lowest BCUT2D eigenvalue weighted by Crippen LogP contribution is -2.04.